The van der Waals surface area contributed by atoms with Gasteiger partial charge in [-0.05, 0) is 35.9 Å². The van der Waals surface area contributed by atoms with E-state index in [1.165, 1.54) is 5.56 Å². The minimum absolute atomic E-state index is 0.730. The first-order valence-corrected chi connectivity index (χ1v) is 8.55. The maximum Gasteiger partial charge on any atom is 0.160 e. The summed E-state index contributed by atoms with van der Waals surface area (Å²) >= 11 is 6.02. The highest BCUT2D eigenvalue weighted by Crippen LogP contribution is 2.29. The predicted molar refractivity (Wildman–Crippen MR) is 103 cm³/mol. The zero-order valence-corrected chi connectivity index (χ0v) is 14.1. The first-order valence-electron chi connectivity index (χ1n) is 8.18. The fourth-order valence-electron chi connectivity index (χ4n) is 3.32. The molecule has 5 rings (SSSR count). The third-order valence-corrected chi connectivity index (χ3v) is 4.76. The van der Waals surface area contributed by atoms with E-state index in [0.29, 0.717) is 0 Å². The summed E-state index contributed by atoms with van der Waals surface area (Å²) in [6.45, 7) is 0.730. The predicted octanol–water partition coefficient (Wildman–Crippen LogP) is 5.44. The van der Waals surface area contributed by atoms with Crippen LogP contribution < -0.4 is 0 Å². The summed E-state index contributed by atoms with van der Waals surface area (Å²) in [5, 5.41) is 1.88. The SMILES string of the molecule is Clc1ccc(Cn2c3ccccc3c3nc4ccccc4nc32)cc1. The topological polar surface area (TPSA) is 30.7 Å². The maximum absolute atomic E-state index is 6.02. The molecule has 0 amide bonds. The lowest BCUT2D eigenvalue weighted by Gasteiger charge is -2.07. The van der Waals surface area contributed by atoms with Crippen LogP contribution in [0.4, 0.5) is 0 Å². The fraction of sp³-hybridized carbons (Fsp3) is 0.0476. The molecule has 0 bridgehead atoms. The highest BCUT2D eigenvalue weighted by Gasteiger charge is 2.14. The summed E-state index contributed by atoms with van der Waals surface area (Å²) in [7, 11) is 0. The van der Waals surface area contributed by atoms with E-state index in [1.54, 1.807) is 0 Å². The van der Waals surface area contributed by atoms with Gasteiger partial charge < -0.3 is 4.57 Å². The number of rotatable bonds is 2. The number of nitrogens with zero attached hydrogens (tertiary/aromatic N) is 3. The highest BCUT2D eigenvalue weighted by molar-refractivity contribution is 6.30. The average molecular weight is 344 g/mol. The Bertz CT molecular complexity index is 1220. The number of benzene rings is 3. The first-order chi connectivity index (χ1) is 12.3. The Morgan fingerprint density at radius 3 is 2.24 bits per heavy atom. The number of hydrogen-bond donors (Lipinski definition) is 0. The Kier molecular flexibility index (Phi) is 3.22. The van der Waals surface area contributed by atoms with Crippen LogP contribution in [-0.2, 0) is 6.54 Å². The van der Waals surface area contributed by atoms with Crippen molar-refractivity contribution in [1.29, 1.82) is 0 Å². The lowest BCUT2D eigenvalue weighted by atomic mass is 10.2. The van der Waals surface area contributed by atoms with Gasteiger partial charge in [0.05, 0.1) is 16.6 Å². The standard InChI is InChI=1S/C21H14ClN3/c22-15-11-9-14(10-12-15)13-25-19-8-4-1-5-16(19)20-21(25)24-18-7-3-2-6-17(18)23-20/h1-12H,13H2. The normalized spacial score (nSPS) is 11.6. The van der Waals surface area contributed by atoms with Crippen molar-refractivity contribution in [3.05, 3.63) is 83.4 Å². The number of aromatic nitrogens is 3. The van der Waals surface area contributed by atoms with Gasteiger partial charge in [-0.1, -0.05) is 54.1 Å². The van der Waals surface area contributed by atoms with E-state index in [4.69, 9.17) is 21.6 Å². The maximum atomic E-state index is 6.02. The van der Waals surface area contributed by atoms with Crippen molar-refractivity contribution >= 4 is 44.7 Å². The van der Waals surface area contributed by atoms with E-state index in [-0.39, 0.29) is 0 Å². The summed E-state index contributed by atoms with van der Waals surface area (Å²) in [4.78, 5) is 9.78. The molecule has 0 aliphatic heterocycles. The monoisotopic (exact) mass is 343 g/mol. The van der Waals surface area contributed by atoms with Crippen LogP contribution in [0.3, 0.4) is 0 Å². The molecule has 2 heterocycles. The summed E-state index contributed by atoms with van der Waals surface area (Å²) in [5.74, 6) is 0. The molecule has 0 radical (unpaired) electrons. The fourth-order valence-corrected chi connectivity index (χ4v) is 3.44. The van der Waals surface area contributed by atoms with Crippen molar-refractivity contribution in [3.8, 4) is 0 Å². The molecule has 5 aromatic rings. The molecule has 3 aromatic carbocycles. The second-order valence-corrected chi connectivity index (χ2v) is 6.55. The molecular weight excluding hydrogens is 330 g/mol. The smallest absolute Gasteiger partial charge is 0.160 e. The Morgan fingerprint density at radius 2 is 1.44 bits per heavy atom. The van der Waals surface area contributed by atoms with Gasteiger partial charge in [-0.3, -0.25) is 0 Å². The van der Waals surface area contributed by atoms with E-state index in [0.717, 1.165) is 44.7 Å². The van der Waals surface area contributed by atoms with E-state index in [1.807, 2.05) is 42.5 Å². The molecule has 3 nitrogen and oxygen atoms in total. The van der Waals surface area contributed by atoms with Crippen molar-refractivity contribution in [1.82, 2.24) is 14.5 Å². The van der Waals surface area contributed by atoms with Crippen LogP contribution in [0.5, 0.6) is 0 Å². The van der Waals surface area contributed by atoms with Crippen LogP contribution in [0, 0.1) is 0 Å². The zero-order chi connectivity index (χ0) is 16.8. The Labute approximate surface area is 149 Å². The minimum Gasteiger partial charge on any atom is -0.319 e. The lowest BCUT2D eigenvalue weighted by molar-refractivity contribution is 0.857. The van der Waals surface area contributed by atoms with E-state index in [2.05, 4.69) is 34.9 Å². The Balaban J connectivity index is 1.82. The molecule has 0 spiro atoms. The molecule has 2 aromatic heterocycles. The second-order valence-electron chi connectivity index (χ2n) is 6.11. The van der Waals surface area contributed by atoms with Gasteiger partial charge in [-0.2, -0.15) is 0 Å². The average Bonchev–Trinajstić information content (AvgIpc) is 2.95. The minimum atomic E-state index is 0.730. The third-order valence-electron chi connectivity index (χ3n) is 4.51. The summed E-state index contributed by atoms with van der Waals surface area (Å²) in [6, 6.07) is 24.3. The van der Waals surface area contributed by atoms with Crippen LogP contribution in [0.1, 0.15) is 5.56 Å². The molecule has 120 valence electrons. The van der Waals surface area contributed by atoms with Crippen molar-refractivity contribution in [2.75, 3.05) is 0 Å². The molecule has 0 saturated heterocycles. The second kappa shape index (κ2) is 5.57. The van der Waals surface area contributed by atoms with Crippen molar-refractivity contribution in [2.45, 2.75) is 6.54 Å². The van der Waals surface area contributed by atoms with Crippen molar-refractivity contribution in [3.63, 3.8) is 0 Å². The molecule has 0 atom stereocenters. The van der Waals surface area contributed by atoms with E-state index >= 15 is 0 Å². The van der Waals surface area contributed by atoms with Crippen LogP contribution in [0.2, 0.25) is 5.02 Å². The van der Waals surface area contributed by atoms with Gasteiger partial charge in [0.2, 0.25) is 0 Å². The van der Waals surface area contributed by atoms with Gasteiger partial charge in [-0.15, -0.1) is 0 Å². The molecular formula is C21H14ClN3. The molecule has 0 aliphatic rings. The van der Waals surface area contributed by atoms with Gasteiger partial charge in [0.25, 0.3) is 0 Å². The highest BCUT2D eigenvalue weighted by atomic mass is 35.5. The Hall–Kier alpha value is -2.91. The number of halogens is 1. The van der Waals surface area contributed by atoms with Crippen LogP contribution >= 0.6 is 11.6 Å². The number of hydrogen-bond acceptors (Lipinski definition) is 2. The van der Waals surface area contributed by atoms with Crippen LogP contribution in [0.15, 0.2) is 72.8 Å². The first kappa shape index (κ1) is 14.4. The van der Waals surface area contributed by atoms with Gasteiger partial charge in [0, 0.05) is 17.0 Å². The van der Waals surface area contributed by atoms with Crippen molar-refractivity contribution < 1.29 is 0 Å². The summed E-state index contributed by atoms with van der Waals surface area (Å²) in [6.07, 6.45) is 0. The molecule has 4 heteroatoms. The molecule has 25 heavy (non-hydrogen) atoms. The molecule has 0 fully saturated rings. The summed E-state index contributed by atoms with van der Waals surface area (Å²) < 4.78 is 2.23. The van der Waals surface area contributed by atoms with E-state index in [9.17, 15) is 0 Å². The zero-order valence-electron chi connectivity index (χ0n) is 13.4. The quantitative estimate of drug-likeness (QED) is 0.427. The molecule has 0 saturated carbocycles. The molecule has 0 aliphatic carbocycles. The van der Waals surface area contributed by atoms with E-state index < -0.39 is 0 Å². The number of para-hydroxylation sites is 3. The third kappa shape index (κ3) is 2.36. The van der Waals surface area contributed by atoms with Crippen LogP contribution in [-0.4, -0.2) is 14.5 Å². The Morgan fingerprint density at radius 1 is 0.760 bits per heavy atom. The van der Waals surface area contributed by atoms with Gasteiger partial charge in [0.15, 0.2) is 5.65 Å². The molecule has 0 unspecified atom stereocenters. The van der Waals surface area contributed by atoms with Crippen LogP contribution in [0.25, 0.3) is 33.1 Å². The van der Waals surface area contributed by atoms with Gasteiger partial charge >= 0.3 is 0 Å². The number of fused-ring (bicyclic) bond motifs is 4. The largest absolute Gasteiger partial charge is 0.319 e. The van der Waals surface area contributed by atoms with Crippen molar-refractivity contribution in [2.24, 2.45) is 0 Å². The summed E-state index contributed by atoms with van der Waals surface area (Å²) in [5.41, 5.74) is 6.02. The van der Waals surface area contributed by atoms with Gasteiger partial charge in [-0.25, -0.2) is 9.97 Å². The van der Waals surface area contributed by atoms with Gasteiger partial charge in [0.1, 0.15) is 5.52 Å². The lowest BCUT2D eigenvalue weighted by Crippen LogP contribution is -2.01. The molecule has 0 N–H and O–H groups in total.